The average molecular weight is 321 g/mol. The normalized spacial score (nSPS) is 18.1. The van der Waals surface area contributed by atoms with Crippen molar-refractivity contribution in [3.05, 3.63) is 30.3 Å². The quantitative estimate of drug-likeness (QED) is 0.778. The summed E-state index contributed by atoms with van der Waals surface area (Å²) in [7, 11) is 2.16. The van der Waals surface area contributed by atoms with E-state index < -0.39 is 0 Å². The monoisotopic (exact) mass is 321 g/mol. The van der Waals surface area contributed by atoms with Crippen LogP contribution < -0.4 is 5.32 Å². The summed E-state index contributed by atoms with van der Waals surface area (Å²) in [6, 6.07) is 10.2. The second-order valence-electron chi connectivity index (χ2n) is 5.76. The number of likely N-dealkylation sites (N-methyl/N-ethyl adjacent to an activating group) is 1. The summed E-state index contributed by atoms with van der Waals surface area (Å²) in [5.74, 6) is 0.158. The molecular formula is C17H27N3OS. The highest BCUT2D eigenvalue weighted by Gasteiger charge is 2.18. The molecule has 1 aliphatic heterocycles. The molecule has 22 heavy (non-hydrogen) atoms. The van der Waals surface area contributed by atoms with Gasteiger partial charge in [0.25, 0.3) is 0 Å². The maximum Gasteiger partial charge on any atom is 0.233 e. The van der Waals surface area contributed by atoms with Crippen LogP contribution in [0.2, 0.25) is 0 Å². The number of nitrogens with zero attached hydrogens (tertiary/aromatic N) is 2. The van der Waals surface area contributed by atoms with Crippen molar-refractivity contribution in [3.8, 4) is 0 Å². The number of carbonyl (C=O) groups excluding carboxylic acids is 1. The molecule has 1 heterocycles. The van der Waals surface area contributed by atoms with Crippen LogP contribution in [0, 0.1) is 0 Å². The number of amides is 1. The highest BCUT2D eigenvalue weighted by atomic mass is 32.2. The highest BCUT2D eigenvalue weighted by molar-refractivity contribution is 8.00. The number of nitrogens with one attached hydrogen (secondary N) is 1. The summed E-state index contributed by atoms with van der Waals surface area (Å²) >= 11 is 1.65. The van der Waals surface area contributed by atoms with E-state index in [-0.39, 0.29) is 11.2 Å². The minimum absolute atomic E-state index is 0.00473. The van der Waals surface area contributed by atoms with Gasteiger partial charge in [-0.05, 0) is 25.6 Å². The first kappa shape index (κ1) is 17.3. The summed E-state index contributed by atoms with van der Waals surface area (Å²) in [6.07, 6.45) is 0.847. The lowest BCUT2D eigenvalue weighted by atomic mass is 10.3. The Morgan fingerprint density at radius 1 is 1.23 bits per heavy atom. The Balaban J connectivity index is 1.70. The van der Waals surface area contributed by atoms with Crippen molar-refractivity contribution in [2.45, 2.75) is 23.5 Å². The lowest BCUT2D eigenvalue weighted by molar-refractivity contribution is -0.120. The van der Waals surface area contributed by atoms with Crippen molar-refractivity contribution in [2.24, 2.45) is 0 Å². The first-order valence-electron chi connectivity index (χ1n) is 8.09. The van der Waals surface area contributed by atoms with Crippen LogP contribution in [0.25, 0.3) is 0 Å². The molecular weight excluding hydrogens is 294 g/mol. The molecule has 1 saturated heterocycles. The molecule has 5 heteroatoms. The van der Waals surface area contributed by atoms with Crippen LogP contribution >= 0.6 is 11.8 Å². The van der Waals surface area contributed by atoms with Crippen molar-refractivity contribution < 1.29 is 4.79 Å². The van der Waals surface area contributed by atoms with Crippen molar-refractivity contribution in [1.29, 1.82) is 0 Å². The second kappa shape index (κ2) is 9.18. The van der Waals surface area contributed by atoms with Crippen LogP contribution in [0.15, 0.2) is 35.2 Å². The van der Waals surface area contributed by atoms with Crippen LogP contribution in [-0.2, 0) is 4.79 Å². The van der Waals surface area contributed by atoms with Gasteiger partial charge in [0.15, 0.2) is 0 Å². The molecule has 0 saturated carbocycles. The average Bonchev–Trinajstić information content (AvgIpc) is 2.55. The Morgan fingerprint density at radius 3 is 2.55 bits per heavy atom. The maximum absolute atomic E-state index is 12.3. The van der Waals surface area contributed by atoms with Crippen molar-refractivity contribution >= 4 is 17.7 Å². The van der Waals surface area contributed by atoms with Gasteiger partial charge in [-0.15, -0.1) is 11.8 Å². The van der Waals surface area contributed by atoms with Gasteiger partial charge in [0.2, 0.25) is 5.91 Å². The standard InChI is InChI=1S/C17H27N3OS/c1-3-16(22-15-7-5-4-6-8-15)17(21)18-9-10-20-13-11-19(2)12-14-20/h4-8,16H,3,9-14H2,1-2H3,(H,18,21)/t16-/m0/s1. The van der Waals surface area contributed by atoms with Crippen LogP contribution in [0.3, 0.4) is 0 Å². The van der Waals surface area contributed by atoms with Crippen molar-refractivity contribution in [2.75, 3.05) is 46.3 Å². The van der Waals surface area contributed by atoms with Gasteiger partial charge < -0.3 is 10.2 Å². The van der Waals surface area contributed by atoms with E-state index in [1.165, 1.54) is 0 Å². The second-order valence-corrected chi connectivity index (χ2v) is 7.04. The number of hydrogen-bond donors (Lipinski definition) is 1. The third kappa shape index (κ3) is 5.63. The number of thioether (sulfide) groups is 1. The third-order valence-corrected chi connectivity index (χ3v) is 5.38. The lowest BCUT2D eigenvalue weighted by Gasteiger charge is -2.32. The minimum Gasteiger partial charge on any atom is -0.354 e. The number of benzene rings is 1. The summed E-state index contributed by atoms with van der Waals surface area (Å²) in [6.45, 7) is 8.20. The Labute approximate surface area is 138 Å². The van der Waals surface area contributed by atoms with Crippen LogP contribution in [0.1, 0.15) is 13.3 Å². The molecule has 4 nitrogen and oxygen atoms in total. The topological polar surface area (TPSA) is 35.6 Å². The van der Waals surface area contributed by atoms with E-state index in [9.17, 15) is 4.79 Å². The van der Waals surface area contributed by atoms with Crippen LogP contribution in [0.5, 0.6) is 0 Å². The molecule has 0 radical (unpaired) electrons. The summed E-state index contributed by atoms with van der Waals surface area (Å²) in [5, 5.41) is 3.09. The minimum atomic E-state index is -0.00473. The fourth-order valence-electron chi connectivity index (χ4n) is 2.51. The predicted molar refractivity (Wildman–Crippen MR) is 93.3 cm³/mol. The molecule has 1 aromatic rings. The molecule has 1 aromatic carbocycles. The molecule has 0 spiro atoms. The Morgan fingerprint density at radius 2 is 1.91 bits per heavy atom. The summed E-state index contributed by atoms with van der Waals surface area (Å²) in [4.78, 5) is 18.2. The van der Waals surface area contributed by atoms with E-state index in [1.807, 2.05) is 18.2 Å². The highest BCUT2D eigenvalue weighted by Crippen LogP contribution is 2.24. The Kier molecular flexibility index (Phi) is 7.22. The van der Waals surface area contributed by atoms with E-state index in [0.29, 0.717) is 0 Å². The number of carbonyl (C=O) groups is 1. The van der Waals surface area contributed by atoms with Gasteiger partial charge >= 0.3 is 0 Å². The van der Waals surface area contributed by atoms with Gasteiger partial charge in [0.05, 0.1) is 5.25 Å². The molecule has 1 atom stereocenters. The maximum atomic E-state index is 12.3. The zero-order valence-corrected chi connectivity index (χ0v) is 14.4. The van der Waals surface area contributed by atoms with E-state index in [1.54, 1.807) is 11.8 Å². The van der Waals surface area contributed by atoms with Gasteiger partial charge in [-0.2, -0.15) is 0 Å². The van der Waals surface area contributed by atoms with E-state index >= 15 is 0 Å². The fraction of sp³-hybridized carbons (Fsp3) is 0.588. The Bertz CT molecular complexity index is 446. The van der Waals surface area contributed by atoms with Gasteiger partial charge in [0, 0.05) is 44.2 Å². The molecule has 0 unspecified atom stereocenters. The largest absolute Gasteiger partial charge is 0.354 e. The fourth-order valence-corrected chi connectivity index (χ4v) is 3.51. The van der Waals surface area contributed by atoms with E-state index in [4.69, 9.17) is 0 Å². The number of hydrogen-bond acceptors (Lipinski definition) is 4. The molecule has 0 bridgehead atoms. The zero-order chi connectivity index (χ0) is 15.8. The van der Waals surface area contributed by atoms with E-state index in [2.05, 4.69) is 41.2 Å². The van der Waals surface area contributed by atoms with Gasteiger partial charge in [-0.3, -0.25) is 9.69 Å². The molecule has 0 aliphatic carbocycles. The molecule has 1 aliphatic rings. The first-order chi connectivity index (χ1) is 10.7. The number of rotatable bonds is 7. The molecule has 122 valence electrons. The van der Waals surface area contributed by atoms with Crippen LogP contribution in [0.4, 0.5) is 0 Å². The van der Waals surface area contributed by atoms with Gasteiger partial charge in [-0.25, -0.2) is 0 Å². The van der Waals surface area contributed by atoms with Gasteiger partial charge in [0.1, 0.15) is 0 Å². The lowest BCUT2D eigenvalue weighted by Crippen LogP contribution is -2.47. The van der Waals surface area contributed by atoms with E-state index in [0.717, 1.165) is 50.6 Å². The van der Waals surface area contributed by atoms with Crippen molar-refractivity contribution in [1.82, 2.24) is 15.1 Å². The van der Waals surface area contributed by atoms with Gasteiger partial charge in [-0.1, -0.05) is 25.1 Å². The van der Waals surface area contributed by atoms with Crippen molar-refractivity contribution in [3.63, 3.8) is 0 Å². The molecule has 2 rings (SSSR count). The number of piperazine rings is 1. The SMILES string of the molecule is CC[C@H](Sc1ccccc1)C(=O)NCCN1CCN(C)CC1. The molecule has 1 N–H and O–H groups in total. The molecule has 0 aromatic heterocycles. The Hall–Kier alpha value is -1.04. The molecule has 1 fully saturated rings. The zero-order valence-electron chi connectivity index (χ0n) is 13.6. The summed E-state index contributed by atoms with van der Waals surface area (Å²) in [5.41, 5.74) is 0. The van der Waals surface area contributed by atoms with Crippen LogP contribution in [-0.4, -0.2) is 67.3 Å². The summed E-state index contributed by atoms with van der Waals surface area (Å²) < 4.78 is 0. The molecule has 1 amide bonds. The third-order valence-electron chi connectivity index (χ3n) is 4.01. The predicted octanol–water partition coefficient (Wildman–Crippen LogP) is 1.92. The smallest absolute Gasteiger partial charge is 0.233 e. The first-order valence-corrected chi connectivity index (χ1v) is 8.97.